The van der Waals surface area contributed by atoms with Gasteiger partial charge in [0.15, 0.2) is 0 Å². The van der Waals surface area contributed by atoms with E-state index in [0.29, 0.717) is 35.1 Å². The van der Waals surface area contributed by atoms with Crippen molar-refractivity contribution in [3.05, 3.63) is 94.0 Å². The van der Waals surface area contributed by atoms with Crippen LogP contribution < -0.4 is 9.64 Å². The molecule has 6 nitrogen and oxygen atoms in total. The second kappa shape index (κ2) is 11.9. The molecule has 1 aliphatic rings. The fourth-order valence-electron chi connectivity index (χ4n) is 4.65. The Morgan fingerprint density at radius 1 is 0.972 bits per heavy atom. The van der Waals surface area contributed by atoms with E-state index in [2.05, 4.69) is 41.0 Å². The Hall–Kier alpha value is -3.55. The molecule has 0 radical (unpaired) electrons. The van der Waals surface area contributed by atoms with Crippen molar-refractivity contribution in [3.63, 3.8) is 0 Å². The zero-order chi connectivity index (χ0) is 25.5. The minimum atomic E-state index is 0.0317. The molecule has 2 atom stereocenters. The summed E-state index contributed by atoms with van der Waals surface area (Å²) >= 11 is 6.19. The van der Waals surface area contributed by atoms with E-state index in [1.54, 1.807) is 13.2 Å². The molecule has 0 amide bonds. The number of hydrogen-bond donors (Lipinski definition) is 0. The van der Waals surface area contributed by atoms with Gasteiger partial charge in [0.25, 0.3) is 0 Å². The summed E-state index contributed by atoms with van der Waals surface area (Å²) in [4.78, 5) is 4.76. The van der Waals surface area contributed by atoms with E-state index in [1.165, 1.54) is 5.56 Å². The molecule has 7 heteroatoms. The lowest BCUT2D eigenvalue weighted by Crippen LogP contribution is -2.49. The van der Waals surface area contributed by atoms with Gasteiger partial charge in [-0.3, -0.25) is 4.90 Å². The van der Waals surface area contributed by atoms with Crippen molar-refractivity contribution in [2.24, 2.45) is 0 Å². The summed E-state index contributed by atoms with van der Waals surface area (Å²) in [7, 11) is 1.63. The minimum absolute atomic E-state index is 0.0317. The first kappa shape index (κ1) is 25.5. The normalized spacial score (nSPS) is 16.7. The second-order valence-corrected chi connectivity index (χ2v) is 9.23. The predicted octanol–water partition coefficient (Wildman–Crippen LogP) is 5.73. The van der Waals surface area contributed by atoms with Crippen molar-refractivity contribution in [2.45, 2.75) is 19.0 Å². The number of anilines is 1. The summed E-state index contributed by atoms with van der Waals surface area (Å²) < 4.78 is 10.8. The molecule has 36 heavy (non-hydrogen) atoms. The maximum absolute atomic E-state index is 9.96. The van der Waals surface area contributed by atoms with Crippen LogP contribution in [0.5, 0.6) is 5.75 Å². The zero-order valence-corrected chi connectivity index (χ0v) is 21.3. The summed E-state index contributed by atoms with van der Waals surface area (Å²) in [6.45, 7) is 5.49. The molecule has 0 aliphatic carbocycles. The molecule has 3 aromatic carbocycles. The quantitative estimate of drug-likeness (QED) is 0.367. The molecule has 1 saturated heterocycles. The standard InChI is InChI=1S/C29H29ClN4O2/c1-21(23-5-3-22(18-31)4-6-23)33-13-14-34(29(20-33)24-7-9-26(30)10-8-24)28-12-11-27(17-25(28)19-32)36-16-15-35-2/h3-12,17,21,29H,13-16,20H2,1-2H3/t21-,29+/m1/s1. The Balaban J connectivity index is 1.63. The van der Waals surface area contributed by atoms with Crippen LogP contribution in [-0.2, 0) is 4.74 Å². The molecule has 0 spiro atoms. The molecule has 0 unspecified atom stereocenters. The molecule has 4 rings (SSSR count). The van der Waals surface area contributed by atoms with E-state index >= 15 is 0 Å². The monoisotopic (exact) mass is 500 g/mol. The highest BCUT2D eigenvalue weighted by Crippen LogP contribution is 2.37. The maximum atomic E-state index is 9.96. The van der Waals surface area contributed by atoms with Crippen LogP contribution >= 0.6 is 11.6 Å². The van der Waals surface area contributed by atoms with E-state index in [9.17, 15) is 5.26 Å². The molecule has 184 valence electrons. The molecule has 0 bridgehead atoms. The number of halogens is 1. The number of nitrogens with zero attached hydrogens (tertiary/aromatic N) is 4. The summed E-state index contributed by atoms with van der Waals surface area (Å²) in [6, 6.07) is 26.2. The molecule has 1 heterocycles. The van der Waals surface area contributed by atoms with Crippen LogP contribution in [0, 0.1) is 22.7 Å². The number of nitriles is 2. The van der Waals surface area contributed by atoms with E-state index in [-0.39, 0.29) is 12.1 Å². The van der Waals surface area contributed by atoms with Gasteiger partial charge in [-0.1, -0.05) is 35.9 Å². The molecular weight excluding hydrogens is 472 g/mol. The van der Waals surface area contributed by atoms with E-state index in [0.717, 1.165) is 30.9 Å². The third kappa shape index (κ3) is 5.80. The van der Waals surface area contributed by atoms with Crippen LogP contribution in [0.25, 0.3) is 0 Å². The highest BCUT2D eigenvalue weighted by Gasteiger charge is 2.32. The van der Waals surface area contributed by atoms with Crippen LogP contribution in [0.15, 0.2) is 66.7 Å². The Bertz CT molecular complexity index is 1250. The number of rotatable bonds is 8. The van der Waals surface area contributed by atoms with Crippen molar-refractivity contribution in [1.29, 1.82) is 10.5 Å². The SMILES string of the molecule is COCCOc1ccc(N2CCN([C@H](C)c3ccc(C#N)cc3)C[C@H]2c2ccc(Cl)cc2)c(C#N)c1. The van der Waals surface area contributed by atoms with E-state index in [1.807, 2.05) is 48.5 Å². The first-order valence-electron chi connectivity index (χ1n) is 12.0. The lowest BCUT2D eigenvalue weighted by atomic mass is 9.97. The number of piperazine rings is 1. The fraction of sp³-hybridized carbons (Fsp3) is 0.310. The topological polar surface area (TPSA) is 72.5 Å². The Morgan fingerprint density at radius 3 is 2.39 bits per heavy atom. The highest BCUT2D eigenvalue weighted by molar-refractivity contribution is 6.30. The smallest absolute Gasteiger partial charge is 0.120 e. The van der Waals surface area contributed by atoms with Gasteiger partial charge in [-0.25, -0.2) is 0 Å². The predicted molar refractivity (Wildman–Crippen MR) is 141 cm³/mol. The third-order valence-electron chi connectivity index (χ3n) is 6.69. The van der Waals surface area contributed by atoms with Gasteiger partial charge in [0, 0.05) is 37.8 Å². The van der Waals surface area contributed by atoms with Gasteiger partial charge in [0.05, 0.1) is 35.5 Å². The number of hydrogen-bond acceptors (Lipinski definition) is 6. The summed E-state index contributed by atoms with van der Waals surface area (Å²) in [5.41, 5.74) is 4.45. The Labute approximate surface area is 217 Å². The number of benzene rings is 3. The molecule has 1 fully saturated rings. The molecule has 1 aliphatic heterocycles. The van der Waals surface area contributed by atoms with Gasteiger partial charge in [-0.05, 0) is 60.5 Å². The van der Waals surface area contributed by atoms with E-state index < -0.39 is 0 Å². The van der Waals surface area contributed by atoms with Gasteiger partial charge < -0.3 is 14.4 Å². The van der Waals surface area contributed by atoms with Crippen molar-refractivity contribution in [3.8, 4) is 17.9 Å². The minimum Gasteiger partial charge on any atom is -0.491 e. The van der Waals surface area contributed by atoms with E-state index in [4.69, 9.17) is 26.3 Å². The van der Waals surface area contributed by atoms with Crippen LogP contribution in [0.2, 0.25) is 5.02 Å². The van der Waals surface area contributed by atoms with Crippen molar-refractivity contribution >= 4 is 17.3 Å². The van der Waals surface area contributed by atoms with Crippen molar-refractivity contribution < 1.29 is 9.47 Å². The average molecular weight is 501 g/mol. The second-order valence-electron chi connectivity index (χ2n) is 8.80. The van der Waals surface area contributed by atoms with Gasteiger partial charge in [-0.2, -0.15) is 10.5 Å². The van der Waals surface area contributed by atoms with Crippen molar-refractivity contribution in [1.82, 2.24) is 4.90 Å². The molecule has 3 aromatic rings. The Morgan fingerprint density at radius 2 is 1.72 bits per heavy atom. The van der Waals surface area contributed by atoms with Crippen LogP contribution in [0.3, 0.4) is 0 Å². The molecule has 0 aromatic heterocycles. The third-order valence-corrected chi connectivity index (χ3v) is 6.94. The number of methoxy groups -OCH3 is 1. The van der Waals surface area contributed by atoms with Gasteiger partial charge in [0.1, 0.15) is 18.4 Å². The van der Waals surface area contributed by atoms with Crippen molar-refractivity contribution in [2.75, 3.05) is 44.9 Å². The molecule has 0 saturated carbocycles. The van der Waals surface area contributed by atoms with Gasteiger partial charge in [-0.15, -0.1) is 0 Å². The zero-order valence-electron chi connectivity index (χ0n) is 20.5. The molecular formula is C29H29ClN4O2. The largest absolute Gasteiger partial charge is 0.491 e. The van der Waals surface area contributed by atoms with Gasteiger partial charge in [0.2, 0.25) is 0 Å². The lowest BCUT2D eigenvalue weighted by molar-refractivity contribution is 0.146. The Kier molecular flexibility index (Phi) is 8.46. The average Bonchev–Trinajstić information content (AvgIpc) is 2.93. The van der Waals surface area contributed by atoms with Gasteiger partial charge >= 0.3 is 0 Å². The first-order valence-corrected chi connectivity index (χ1v) is 12.3. The fourth-order valence-corrected chi connectivity index (χ4v) is 4.78. The number of ether oxygens (including phenoxy) is 2. The summed E-state index contributed by atoms with van der Waals surface area (Å²) in [5, 5.41) is 19.8. The lowest BCUT2D eigenvalue weighted by Gasteiger charge is -2.45. The van der Waals surface area contributed by atoms with Crippen LogP contribution in [-0.4, -0.2) is 44.9 Å². The molecule has 0 N–H and O–H groups in total. The van der Waals surface area contributed by atoms with Crippen LogP contribution in [0.1, 0.15) is 41.3 Å². The maximum Gasteiger partial charge on any atom is 0.120 e. The summed E-state index contributed by atoms with van der Waals surface area (Å²) in [6.07, 6.45) is 0. The summed E-state index contributed by atoms with van der Waals surface area (Å²) in [5.74, 6) is 0.656. The highest BCUT2D eigenvalue weighted by atomic mass is 35.5. The first-order chi connectivity index (χ1) is 17.5. The van der Waals surface area contributed by atoms with Crippen LogP contribution in [0.4, 0.5) is 5.69 Å².